The molecule has 0 saturated carbocycles. The van der Waals surface area contributed by atoms with Gasteiger partial charge in [0.25, 0.3) is 5.91 Å². The van der Waals surface area contributed by atoms with Gasteiger partial charge in [-0.3, -0.25) is 4.79 Å². The number of carbonyl (C=O) groups is 2. The van der Waals surface area contributed by atoms with Crippen molar-refractivity contribution < 1.29 is 18.5 Å². The number of carbonyl (C=O) groups excluding carboxylic acids is 2. The first-order valence-electron chi connectivity index (χ1n) is 13.0. The number of anilines is 1. The van der Waals surface area contributed by atoms with Crippen LogP contribution in [0.3, 0.4) is 0 Å². The van der Waals surface area contributed by atoms with Crippen LogP contribution in [0.5, 0.6) is 0 Å². The number of rotatable bonds is 4. The maximum absolute atomic E-state index is 14.4. The third kappa shape index (κ3) is 4.70. The van der Waals surface area contributed by atoms with Gasteiger partial charge >= 0.3 is 5.91 Å². The molecule has 6 rings (SSSR count). The molecule has 2 N–H and O–H groups in total. The fraction of sp³-hybridized carbons (Fsp3) is 0.125. The van der Waals surface area contributed by atoms with Crippen LogP contribution in [0.25, 0.3) is 11.1 Å². The summed E-state index contributed by atoms with van der Waals surface area (Å²) >= 11 is 8.55. The van der Waals surface area contributed by atoms with Crippen LogP contribution in [-0.4, -0.2) is 34.3 Å². The fourth-order valence-electron chi connectivity index (χ4n) is 5.45. The molecule has 3 aromatic rings. The Kier molecular flexibility index (Phi) is 7.19. The molecule has 2 amide bonds. The number of allylic oxidation sites excluding steroid dienone is 4. The molecular formula is C32H26ClFN3O2S+. The standard InChI is InChI=1S/C32H25ClFN3O2S/c33-29-17-24(36-31(38)26-12-10-23(34)16-28(26)21-6-2-1-3-7-21)11-13-27(29)32(39)37-14-15-40-20-25(37)19-35-18-22-8-4-5-9-30(22)37/h1-7,9-13,16-19,35H,8,14-15,20H2/p+1. The molecule has 3 aliphatic rings. The Balaban J connectivity index is 1.32. The van der Waals surface area contributed by atoms with E-state index in [2.05, 4.69) is 16.7 Å². The Morgan fingerprint density at radius 1 is 1.00 bits per heavy atom. The third-order valence-corrected chi connectivity index (χ3v) is 8.69. The fourth-order valence-corrected chi connectivity index (χ4v) is 6.77. The van der Waals surface area contributed by atoms with E-state index < -0.39 is 11.7 Å². The van der Waals surface area contributed by atoms with Gasteiger partial charge in [0.1, 0.15) is 18.1 Å². The first-order chi connectivity index (χ1) is 19.5. The maximum Gasteiger partial charge on any atom is 0.357 e. The number of halogens is 2. The van der Waals surface area contributed by atoms with Crippen LogP contribution < -0.4 is 10.6 Å². The van der Waals surface area contributed by atoms with Crippen LogP contribution in [-0.2, 0) is 0 Å². The van der Waals surface area contributed by atoms with Crippen molar-refractivity contribution in [1.29, 1.82) is 0 Å². The number of nitrogens with one attached hydrogen (secondary N) is 2. The van der Waals surface area contributed by atoms with Crippen molar-refractivity contribution in [2.45, 2.75) is 6.42 Å². The van der Waals surface area contributed by atoms with E-state index in [4.69, 9.17) is 11.6 Å². The molecule has 1 unspecified atom stereocenters. The van der Waals surface area contributed by atoms with Gasteiger partial charge in [-0.1, -0.05) is 54.1 Å². The molecule has 2 aliphatic heterocycles. The summed E-state index contributed by atoms with van der Waals surface area (Å²) in [6, 6.07) is 18.2. The molecule has 1 saturated heterocycles. The van der Waals surface area contributed by atoms with Crippen molar-refractivity contribution in [2.24, 2.45) is 0 Å². The predicted molar refractivity (Wildman–Crippen MR) is 159 cm³/mol. The lowest BCUT2D eigenvalue weighted by atomic mass is 9.98. The Morgan fingerprint density at radius 2 is 1.82 bits per heavy atom. The van der Waals surface area contributed by atoms with Crippen molar-refractivity contribution in [1.82, 2.24) is 5.32 Å². The Morgan fingerprint density at radius 3 is 2.65 bits per heavy atom. The second kappa shape index (κ2) is 10.9. The van der Waals surface area contributed by atoms with E-state index in [0.717, 1.165) is 40.5 Å². The number of nitrogens with zero attached hydrogens (tertiary/aromatic N) is 1. The average Bonchev–Trinajstić information content (AvgIpc) is 3.15. The highest BCUT2D eigenvalue weighted by Crippen LogP contribution is 2.42. The monoisotopic (exact) mass is 570 g/mol. The lowest BCUT2D eigenvalue weighted by molar-refractivity contribution is -0.766. The highest BCUT2D eigenvalue weighted by atomic mass is 35.5. The van der Waals surface area contributed by atoms with Crippen molar-refractivity contribution >= 4 is 40.9 Å². The molecular weight excluding hydrogens is 545 g/mol. The van der Waals surface area contributed by atoms with Gasteiger partial charge in [-0.15, -0.1) is 11.8 Å². The maximum atomic E-state index is 14.4. The summed E-state index contributed by atoms with van der Waals surface area (Å²) in [6.45, 7) is 0.621. The number of benzene rings is 3. The van der Waals surface area contributed by atoms with Gasteiger partial charge in [-0.25, -0.2) is 9.18 Å². The van der Waals surface area contributed by atoms with Crippen molar-refractivity contribution in [3.63, 3.8) is 0 Å². The first kappa shape index (κ1) is 26.3. The van der Waals surface area contributed by atoms with E-state index in [1.807, 2.05) is 54.9 Å². The minimum Gasteiger partial charge on any atom is -0.363 e. The molecule has 40 heavy (non-hydrogen) atoms. The molecule has 1 fully saturated rings. The van der Waals surface area contributed by atoms with E-state index in [1.165, 1.54) is 18.2 Å². The van der Waals surface area contributed by atoms with E-state index >= 15 is 0 Å². The second-order valence-corrected chi connectivity index (χ2v) is 11.3. The van der Waals surface area contributed by atoms with Gasteiger partial charge in [0, 0.05) is 34.9 Å². The zero-order valence-corrected chi connectivity index (χ0v) is 23.1. The zero-order chi connectivity index (χ0) is 27.7. The largest absolute Gasteiger partial charge is 0.363 e. The van der Waals surface area contributed by atoms with Gasteiger partial charge < -0.3 is 10.6 Å². The quantitative estimate of drug-likeness (QED) is 0.324. The summed E-state index contributed by atoms with van der Waals surface area (Å²) in [5.74, 6) is 0.638. The van der Waals surface area contributed by atoms with E-state index in [1.54, 1.807) is 30.0 Å². The highest BCUT2D eigenvalue weighted by Gasteiger charge is 2.50. The summed E-state index contributed by atoms with van der Waals surface area (Å²) < 4.78 is 14.2. The van der Waals surface area contributed by atoms with Gasteiger partial charge in [0.15, 0.2) is 5.70 Å². The molecule has 3 aromatic carbocycles. The predicted octanol–water partition coefficient (Wildman–Crippen LogP) is 7.27. The van der Waals surface area contributed by atoms with Crippen molar-refractivity contribution in [2.75, 3.05) is 23.4 Å². The van der Waals surface area contributed by atoms with Crippen LogP contribution in [0.1, 0.15) is 27.1 Å². The Bertz CT molecular complexity index is 1650. The summed E-state index contributed by atoms with van der Waals surface area (Å²) in [7, 11) is 0. The summed E-state index contributed by atoms with van der Waals surface area (Å²) in [6.07, 6.45) is 10.8. The van der Waals surface area contributed by atoms with Gasteiger partial charge in [-0.05, 0) is 53.9 Å². The van der Waals surface area contributed by atoms with Gasteiger partial charge in [0.2, 0.25) is 0 Å². The minimum atomic E-state index is -0.427. The molecule has 200 valence electrons. The molecule has 0 radical (unpaired) electrons. The second-order valence-electron chi connectivity index (χ2n) is 9.75. The van der Waals surface area contributed by atoms with E-state index in [0.29, 0.717) is 28.9 Å². The zero-order valence-electron chi connectivity index (χ0n) is 21.5. The third-order valence-electron chi connectivity index (χ3n) is 7.40. The van der Waals surface area contributed by atoms with E-state index in [-0.39, 0.29) is 15.4 Å². The van der Waals surface area contributed by atoms with Crippen molar-refractivity contribution in [3.8, 4) is 11.1 Å². The van der Waals surface area contributed by atoms with Crippen LogP contribution in [0.15, 0.2) is 114 Å². The first-order valence-corrected chi connectivity index (χ1v) is 14.5. The molecule has 0 spiro atoms. The number of quaternary nitrogens is 1. The molecule has 0 bridgehead atoms. The van der Waals surface area contributed by atoms with Crippen LogP contribution in [0.4, 0.5) is 10.1 Å². The molecule has 2 heterocycles. The van der Waals surface area contributed by atoms with Gasteiger partial charge in [-0.2, -0.15) is 4.48 Å². The molecule has 8 heteroatoms. The molecule has 1 atom stereocenters. The number of hydrogen-bond donors (Lipinski definition) is 2. The topological polar surface area (TPSA) is 58.2 Å². The van der Waals surface area contributed by atoms with E-state index in [9.17, 15) is 14.0 Å². The van der Waals surface area contributed by atoms with Crippen LogP contribution in [0.2, 0.25) is 5.02 Å². The molecule has 5 nitrogen and oxygen atoms in total. The normalized spacial score (nSPS) is 19.6. The van der Waals surface area contributed by atoms with Crippen molar-refractivity contribution in [3.05, 3.63) is 136 Å². The lowest BCUT2D eigenvalue weighted by Gasteiger charge is -2.41. The minimum absolute atomic E-state index is 0.0949. The van der Waals surface area contributed by atoms with Gasteiger partial charge in [0.05, 0.1) is 22.5 Å². The summed E-state index contributed by atoms with van der Waals surface area (Å²) in [5.41, 5.74) is 5.39. The number of thioether (sulfide) groups is 1. The SMILES string of the molecule is O=C(Nc1ccc(C(=O)[N+]23CCSCC2=CNC=C2CC=CC=C23)c(Cl)c1)c1ccc(F)cc1-c1ccccc1. The summed E-state index contributed by atoms with van der Waals surface area (Å²) in [5, 5.41) is 6.40. The average molecular weight is 571 g/mol. The molecule has 0 aromatic heterocycles. The molecule has 1 aliphatic carbocycles. The smallest absolute Gasteiger partial charge is 0.357 e. The Labute approximate surface area is 241 Å². The number of fused-ring (bicyclic) bond motifs is 3. The number of amides is 2. The lowest BCUT2D eigenvalue weighted by Crippen LogP contribution is -2.55. The summed E-state index contributed by atoms with van der Waals surface area (Å²) in [4.78, 5) is 27.7. The van der Waals surface area contributed by atoms with Crippen LogP contribution >= 0.6 is 23.4 Å². The number of hydrogen-bond acceptors (Lipinski definition) is 4. The highest BCUT2D eigenvalue weighted by molar-refractivity contribution is 7.99. The Hall–Kier alpha value is -3.91. The van der Waals surface area contributed by atoms with Crippen LogP contribution in [0, 0.1) is 5.82 Å².